The smallest absolute Gasteiger partial charge is 0.305 e. The van der Waals surface area contributed by atoms with E-state index in [0.29, 0.717) is 35.3 Å². The van der Waals surface area contributed by atoms with E-state index in [0.717, 1.165) is 55.4 Å². The average molecular weight is 823 g/mol. The zero-order valence-electron chi connectivity index (χ0n) is 33.7. The van der Waals surface area contributed by atoms with Crippen molar-refractivity contribution in [2.24, 2.45) is 0 Å². The van der Waals surface area contributed by atoms with Gasteiger partial charge in [0.2, 0.25) is 9.84 Å². The van der Waals surface area contributed by atoms with Gasteiger partial charge in [-0.3, -0.25) is 9.59 Å². The van der Waals surface area contributed by atoms with E-state index in [9.17, 15) is 18.0 Å². The Kier molecular flexibility index (Phi) is 10.6. The fraction of sp³-hybridized carbons (Fsp3) is 0.115. The lowest BCUT2D eigenvalue weighted by molar-refractivity contribution is -0.141. The topological polar surface area (TPSA) is 93.2 Å². The number of anilines is 6. The standard InChI is InChI=1S/C52H42N2O6S/c1-59-51(55)31-21-35-17-23-39(24-18-35)53(47-15-7-11-37-9-3-5-13-43(37)47)41-27-29-45-46-30-28-42(34-50(46)61(57,58)49(45)33-41)54(48-16-8-12-38-10-4-6-14-44(38)48)40-25-19-36(20-26-40)22-32-52(56)60-2/h3-20,23-30,33-34H,21-22,31-32H2,1-2H3. The number of rotatable bonds is 12. The number of carbonyl (C=O) groups is 2. The molecular formula is C52H42N2O6S. The van der Waals surface area contributed by atoms with Gasteiger partial charge in [-0.05, 0) is 95.4 Å². The van der Waals surface area contributed by atoms with E-state index < -0.39 is 9.84 Å². The van der Waals surface area contributed by atoms with Crippen LogP contribution in [-0.4, -0.2) is 34.6 Å². The van der Waals surface area contributed by atoms with Gasteiger partial charge in [0.15, 0.2) is 0 Å². The minimum absolute atomic E-state index is 0.240. The molecular weight excluding hydrogens is 781 g/mol. The molecule has 0 aromatic heterocycles. The molecule has 9 heteroatoms. The summed E-state index contributed by atoms with van der Waals surface area (Å²) in [7, 11) is -1.20. The van der Waals surface area contributed by atoms with Crippen LogP contribution in [-0.2, 0) is 41.7 Å². The van der Waals surface area contributed by atoms with Crippen molar-refractivity contribution in [1.29, 1.82) is 0 Å². The average Bonchev–Trinajstić information content (AvgIpc) is 3.53. The molecule has 0 saturated heterocycles. The third-order valence-electron chi connectivity index (χ3n) is 11.4. The molecule has 1 aliphatic heterocycles. The number of nitrogens with zero attached hydrogens (tertiary/aromatic N) is 2. The third-order valence-corrected chi connectivity index (χ3v) is 13.2. The molecule has 1 heterocycles. The Balaban J connectivity index is 1.13. The summed E-state index contributed by atoms with van der Waals surface area (Å²) in [5.41, 5.74) is 8.14. The molecule has 0 bridgehead atoms. The zero-order valence-corrected chi connectivity index (χ0v) is 34.6. The number of fused-ring (bicyclic) bond motifs is 5. The molecule has 302 valence electrons. The minimum atomic E-state index is -3.98. The van der Waals surface area contributed by atoms with E-state index in [1.807, 2.05) is 121 Å². The Morgan fingerprint density at radius 1 is 0.459 bits per heavy atom. The van der Waals surface area contributed by atoms with Crippen molar-refractivity contribution in [1.82, 2.24) is 0 Å². The Hall–Kier alpha value is -7.23. The second-order valence-electron chi connectivity index (χ2n) is 15.0. The fourth-order valence-electron chi connectivity index (χ4n) is 8.29. The molecule has 0 radical (unpaired) electrons. The summed E-state index contributed by atoms with van der Waals surface area (Å²) in [6.45, 7) is 0. The van der Waals surface area contributed by atoms with Crippen LogP contribution >= 0.6 is 0 Å². The maximum atomic E-state index is 14.9. The van der Waals surface area contributed by atoms with E-state index in [1.54, 1.807) is 12.1 Å². The van der Waals surface area contributed by atoms with Gasteiger partial charge in [-0.15, -0.1) is 0 Å². The van der Waals surface area contributed by atoms with Crippen molar-refractivity contribution in [3.8, 4) is 11.1 Å². The highest BCUT2D eigenvalue weighted by atomic mass is 32.2. The summed E-state index contributed by atoms with van der Waals surface area (Å²) < 4.78 is 39.5. The van der Waals surface area contributed by atoms with Crippen LogP contribution in [0.3, 0.4) is 0 Å². The van der Waals surface area contributed by atoms with Gasteiger partial charge in [-0.1, -0.05) is 109 Å². The number of benzene rings is 8. The molecule has 8 nitrogen and oxygen atoms in total. The van der Waals surface area contributed by atoms with Crippen LogP contribution in [0.5, 0.6) is 0 Å². The van der Waals surface area contributed by atoms with Crippen molar-refractivity contribution in [2.75, 3.05) is 24.0 Å². The maximum Gasteiger partial charge on any atom is 0.305 e. The number of hydrogen-bond acceptors (Lipinski definition) is 8. The Morgan fingerprint density at radius 3 is 1.25 bits per heavy atom. The molecule has 9 rings (SSSR count). The largest absolute Gasteiger partial charge is 0.469 e. The number of esters is 2. The predicted molar refractivity (Wildman–Crippen MR) is 242 cm³/mol. The summed E-state index contributed by atoms with van der Waals surface area (Å²) in [6.07, 6.45) is 1.63. The van der Waals surface area contributed by atoms with Crippen LogP contribution < -0.4 is 9.80 Å². The number of ether oxygens (including phenoxy) is 2. The lowest BCUT2D eigenvalue weighted by Gasteiger charge is -2.27. The molecule has 0 aliphatic carbocycles. The lowest BCUT2D eigenvalue weighted by Crippen LogP contribution is -2.12. The molecule has 61 heavy (non-hydrogen) atoms. The number of aryl methyl sites for hydroxylation is 2. The second-order valence-corrected chi connectivity index (χ2v) is 16.9. The molecule has 8 aromatic rings. The van der Waals surface area contributed by atoms with Crippen LogP contribution in [0.2, 0.25) is 0 Å². The monoisotopic (exact) mass is 822 g/mol. The molecule has 0 fully saturated rings. The molecule has 1 aliphatic rings. The first-order chi connectivity index (χ1) is 29.7. The van der Waals surface area contributed by atoms with E-state index >= 15 is 0 Å². The van der Waals surface area contributed by atoms with E-state index in [1.165, 1.54) is 14.2 Å². The van der Waals surface area contributed by atoms with Gasteiger partial charge >= 0.3 is 11.9 Å². The maximum absolute atomic E-state index is 14.9. The van der Waals surface area contributed by atoms with Gasteiger partial charge in [-0.25, -0.2) is 8.42 Å². The van der Waals surface area contributed by atoms with E-state index in [2.05, 4.69) is 46.2 Å². The first-order valence-electron chi connectivity index (χ1n) is 20.1. The van der Waals surface area contributed by atoms with Crippen molar-refractivity contribution >= 4 is 77.4 Å². The first kappa shape index (κ1) is 39.2. The van der Waals surface area contributed by atoms with Gasteiger partial charge < -0.3 is 19.3 Å². The Labute approximate surface area is 355 Å². The Morgan fingerprint density at radius 2 is 0.836 bits per heavy atom. The molecule has 8 aromatic carbocycles. The lowest BCUT2D eigenvalue weighted by atomic mass is 10.0. The van der Waals surface area contributed by atoms with Crippen LogP contribution in [0.4, 0.5) is 34.1 Å². The third kappa shape index (κ3) is 7.49. The highest BCUT2D eigenvalue weighted by molar-refractivity contribution is 7.92. The van der Waals surface area contributed by atoms with Crippen LogP contribution in [0.15, 0.2) is 180 Å². The number of sulfone groups is 1. The molecule has 0 saturated carbocycles. The van der Waals surface area contributed by atoms with Gasteiger partial charge in [0.25, 0.3) is 0 Å². The van der Waals surface area contributed by atoms with Crippen LogP contribution in [0, 0.1) is 0 Å². The summed E-state index contributed by atoms with van der Waals surface area (Å²) in [5, 5.41) is 4.14. The van der Waals surface area contributed by atoms with E-state index in [-0.39, 0.29) is 34.6 Å². The Bertz CT molecular complexity index is 2860. The molecule has 0 spiro atoms. The van der Waals surface area contributed by atoms with Crippen molar-refractivity contribution in [2.45, 2.75) is 35.5 Å². The SMILES string of the molecule is COC(=O)CCc1ccc(N(c2ccc3c(c2)S(=O)(=O)c2cc(N(c4ccc(CCC(=O)OC)cc4)c4cccc5ccccc45)ccc2-3)c2cccc3ccccc23)cc1. The summed E-state index contributed by atoms with van der Waals surface area (Å²) in [5.74, 6) is -0.532. The van der Waals surface area contributed by atoms with Crippen LogP contribution in [0.25, 0.3) is 32.7 Å². The van der Waals surface area contributed by atoms with E-state index in [4.69, 9.17) is 9.47 Å². The number of hydrogen-bond donors (Lipinski definition) is 0. The molecule has 0 unspecified atom stereocenters. The van der Waals surface area contributed by atoms with Gasteiger partial charge in [0.05, 0.1) is 35.4 Å². The zero-order chi connectivity index (χ0) is 42.1. The molecule has 0 N–H and O–H groups in total. The van der Waals surface area contributed by atoms with Crippen molar-refractivity contribution in [3.63, 3.8) is 0 Å². The quantitative estimate of drug-likeness (QED) is 0.112. The van der Waals surface area contributed by atoms with Gasteiger partial charge in [0, 0.05) is 57.5 Å². The van der Waals surface area contributed by atoms with Gasteiger partial charge in [0.1, 0.15) is 0 Å². The highest BCUT2D eigenvalue weighted by Gasteiger charge is 2.35. The van der Waals surface area contributed by atoms with Crippen molar-refractivity contribution < 1.29 is 27.5 Å². The summed E-state index contributed by atoms with van der Waals surface area (Å²) >= 11 is 0. The highest BCUT2D eigenvalue weighted by Crippen LogP contribution is 2.49. The normalized spacial score (nSPS) is 12.4. The predicted octanol–water partition coefficient (Wildman–Crippen LogP) is 12.0. The fourth-order valence-corrected chi connectivity index (χ4v) is 10.0. The molecule has 0 amide bonds. The van der Waals surface area contributed by atoms with Crippen LogP contribution in [0.1, 0.15) is 24.0 Å². The summed E-state index contributed by atoms with van der Waals surface area (Å²) in [6, 6.07) is 55.9. The van der Waals surface area contributed by atoms with Crippen molar-refractivity contribution in [3.05, 3.63) is 181 Å². The van der Waals surface area contributed by atoms with Gasteiger partial charge in [-0.2, -0.15) is 0 Å². The minimum Gasteiger partial charge on any atom is -0.469 e. The number of carbonyl (C=O) groups excluding carboxylic acids is 2. The number of methoxy groups -OCH3 is 2. The molecule has 0 atom stereocenters. The first-order valence-corrected chi connectivity index (χ1v) is 21.6. The second kappa shape index (κ2) is 16.4. The summed E-state index contributed by atoms with van der Waals surface area (Å²) in [4.78, 5) is 28.4.